The zero-order chi connectivity index (χ0) is 27.2. The molecule has 1 N–H and O–H groups in total. The SMILES string of the molecule is Cn1cncc1C(NC(C)(C)C)C1=Cc2cccnc2C(N2CCN(C(C)(C)C)CC2)c2ccc(Cl)cc21. The van der Waals surface area contributed by atoms with Crippen LogP contribution in [0.25, 0.3) is 11.6 Å². The number of rotatable bonds is 4. The van der Waals surface area contributed by atoms with Crippen LogP contribution in [0.15, 0.2) is 49.1 Å². The number of nitrogens with zero attached hydrogens (tertiary/aromatic N) is 5. The molecule has 1 fully saturated rings. The van der Waals surface area contributed by atoms with E-state index in [9.17, 15) is 0 Å². The maximum Gasteiger partial charge on any atom is 0.0946 e. The molecular formula is C31H41ClN6. The van der Waals surface area contributed by atoms with E-state index >= 15 is 0 Å². The van der Waals surface area contributed by atoms with Gasteiger partial charge < -0.3 is 9.88 Å². The zero-order valence-electron chi connectivity index (χ0n) is 23.8. The average molecular weight is 533 g/mol. The zero-order valence-corrected chi connectivity index (χ0v) is 24.5. The first-order chi connectivity index (χ1) is 17.9. The Balaban J connectivity index is 1.67. The Morgan fingerprint density at radius 3 is 2.39 bits per heavy atom. The molecule has 202 valence electrons. The third-order valence-corrected chi connectivity index (χ3v) is 7.96. The summed E-state index contributed by atoms with van der Waals surface area (Å²) in [7, 11) is 2.06. The van der Waals surface area contributed by atoms with E-state index in [4.69, 9.17) is 16.6 Å². The second-order valence-electron chi connectivity index (χ2n) is 12.7. The highest BCUT2D eigenvalue weighted by molar-refractivity contribution is 6.30. The number of hydrogen-bond donors (Lipinski definition) is 1. The molecule has 1 aliphatic heterocycles. The number of fused-ring (bicyclic) bond motifs is 2. The van der Waals surface area contributed by atoms with Crippen molar-refractivity contribution in [1.29, 1.82) is 0 Å². The number of pyridine rings is 1. The van der Waals surface area contributed by atoms with Crippen LogP contribution in [-0.2, 0) is 7.05 Å². The van der Waals surface area contributed by atoms with Crippen LogP contribution < -0.4 is 5.32 Å². The van der Waals surface area contributed by atoms with Crippen molar-refractivity contribution in [2.75, 3.05) is 26.2 Å². The minimum Gasteiger partial charge on any atom is -0.336 e. The quantitative estimate of drug-likeness (QED) is 0.449. The molecule has 0 amide bonds. The molecule has 2 atom stereocenters. The molecule has 0 saturated carbocycles. The third kappa shape index (κ3) is 5.46. The number of halogens is 1. The van der Waals surface area contributed by atoms with Gasteiger partial charge in [0.2, 0.25) is 0 Å². The second-order valence-corrected chi connectivity index (χ2v) is 13.1. The lowest BCUT2D eigenvalue weighted by Gasteiger charge is -2.45. The molecule has 2 unspecified atom stereocenters. The van der Waals surface area contributed by atoms with Gasteiger partial charge in [-0.05, 0) is 88.1 Å². The standard InChI is InChI=1S/C31H41ClN6/c1-30(2,3)35-28(26-19-33-20-36(26)7)25-17-21-9-8-12-34-27(21)29(23-11-10-22(32)18-24(23)25)37-13-15-38(16-14-37)31(4,5)6/h8-12,17-20,28-29,35H,13-16H2,1-7H3. The Morgan fingerprint density at radius 1 is 1.03 bits per heavy atom. The van der Waals surface area contributed by atoms with Crippen molar-refractivity contribution in [2.45, 2.75) is 64.7 Å². The molecule has 0 radical (unpaired) electrons. The van der Waals surface area contributed by atoms with E-state index in [0.29, 0.717) is 0 Å². The molecule has 1 aromatic carbocycles. The summed E-state index contributed by atoms with van der Waals surface area (Å²) in [6.45, 7) is 17.6. The van der Waals surface area contributed by atoms with Crippen molar-refractivity contribution in [3.63, 3.8) is 0 Å². The molecule has 5 rings (SSSR count). The van der Waals surface area contributed by atoms with Crippen LogP contribution in [0.4, 0.5) is 0 Å². The Morgan fingerprint density at radius 2 is 1.76 bits per heavy atom. The van der Waals surface area contributed by atoms with Crippen LogP contribution in [0, 0.1) is 0 Å². The van der Waals surface area contributed by atoms with Crippen LogP contribution in [0.3, 0.4) is 0 Å². The van der Waals surface area contributed by atoms with Crippen molar-refractivity contribution in [2.24, 2.45) is 7.05 Å². The molecule has 2 aliphatic rings. The Labute approximate surface area is 232 Å². The van der Waals surface area contributed by atoms with Crippen molar-refractivity contribution >= 4 is 23.3 Å². The summed E-state index contributed by atoms with van der Waals surface area (Å²) < 4.78 is 2.10. The molecule has 1 saturated heterocycles. The largest absolute Gasteiger partial charge is 0.336 e. The van der Waals surface area contributed by atoms with Gasteiger partial charge in [-0.2, -0.15) is 0 Å². The summed E-state index contributed by atoms with van der Waals surface area (Å²) in [6, 6.07) is 10.6. The molecule has 3 heterocycles. The fraction of sp³-hybridized carbons (Fsp3) is 0.484. The summed E-state index contributed by atoms with van der Waals surface area (Å²) in [5, 5.41) is 4.63. The van der Waals surface area contributed by atoms with E-state index in [-0.39, 0.29) is 23.2 Å². The molecule has 2 aromatic heterocycles. The fourth-order valence-electron chi connectivity index (χ4n) is 5.84. The Hall–Kier alpha value is -2.51. The van der Waals surface area contributed by atoms with Crippen molar-refractivity contribution in [3.05, 3.63) is 82.2 Å². The first-order valence-corrected chi connectivity index (χ1v) is 14.0. The number of imidazole rings is 1. The molecule has 7 heteroatoms. The minimum absolute atomic E-state index is 0.0520. The topological polar surface area (TPSA) is 49.2 Å². The second kappa shape index (κ2) is 10.2. The number of aryl methyl sites for hydroxylation is 1. The Kier molecular flexibility index (Phi) is 7.29. The number of benzene rings is 1. The van der Waals surface area contributed by atoms with Crippen molar-refractivity contribution < 1.29 is 0 Å². The van der Waals surface area contributed by atoms with Gasteiger partial charge in [0.1, 0.15) is 0 Å². The number of nitrogens with one attached hydrogen (secondary N) is 1. The normalized spacial score (nSPS) is 19.9. The van der Waals surface area contributed by atoms with E-state index in [0.717, 1.165) is 48.2 Å². The molecule has 0 spiro atoms. The lowest BCUT2D eigenvalue weighted by molar-refractivity contribution is 0.0486. The van der Waals surface area contributed by atoms with Gasteiger partial charge >= 0.3 is 0 Å². The maximum absolute atomic E-state index is 6.70. The van der Waals surface area contributed by atoms with Crippen LogP contribution >= 0.6 is 11.6 Å². The van der Waals surface area contributed by atoms with Gasteiger partial charge in [0.15, 0.2) is 0 Å². The monoisotopic (exact) mass is 532 g/mol. The summed E-state index contributed by atoms with van der Waals surface area (Å²) in [5.41, 5.74) is 7.02. The van der Waals surface area contributed by atoms with Crippen molar-refractivity contribution in [3.8, 4) is 0 Å². The van der Waals surface area contributed by atoms with E-state index in [1.54, 1.807) is 0 Å². The Bertz CT molecular complexity index is 1320. The predicted molar refractivity (Wildman–Crippen MR) is 157 cm³/mol. The summed E-state index contributed by atoms with van der Waals surface area (Å²) in [4.78, 5) is 14.7. The molecule has 3 aromatic rings. The van der Waals surface area contributed by atoms with E-state index in [1.807, 2.05) is 30.9 Å². The average Bonchev–Trinajstić information content (AvgIpc) is 3.21. The van der Waals surface area contributed by atoms with Crippen LogP contribution in [0.2, 0.25) is 5.02 Å². The van der Waals surface area contributed by atoms with E-state index in [1.165, 1.54) is 16.7 Å². The van der Waals surface area contributed by atoms with E-state index < -0.39 is 0 Å². The number of aromatic nitrogens is 3. The van der Waals surface area contributed by atoms with Gasteiger partial charge in [0.05, 0.1) is 36.0 Å². The van der Waals surface area contributed by atoms with Crippen LogP contribution in [0.5, 0.6) is 0 Å². The lowest BCUT2D eigenvalue weighted by Crippen LogP contribution is -2.54. The van der Waals surface area contributed by atoms with Gasteiger partial charge in [-0.3, -0.25) is 14.8 Å². The highest BCUT2D eigenvalue weighted by Crippen LogP contribution is 2.44. The van der Waals surface area contributed by atoms with Crippen molar-refractivity contribution in [1.82, 2.24) is 29.7 Å². The first kappa shape index (κ1) is 27.1. The number of piperazine rings is 1. The molecule has 6 nitrogen and oxygen atoms in total. The van der Waals surface area contributed by atoms with Gasteiger partial charge in [-0.25, -0.2) is 4.98 Å². The highest BCUT2D eigenvalue weighted by Gasteiger charge is 2.37. The van der Waals surface area contributed by atoms with Gasteiger partial charge in [-0.1, -0.05) is 23.7 Å². The van der Waals surface area contributed by atoms with Gasteiger partial charge in [0, 0.05) is 55.5 Å². The van der Waals surface area contributed by atoms with E-state index in [2.05, 4.69) is 97.5 Å². The van der Waals surface area contributed by atoms with Gasteiger partial charge in [-0.15, -0.1) is 0 Å². The number of hydrogen-bond acceptors (Lipinski definition) is 5. The van der Waals surface area contributed by atoms with Gasteiger partial charge in [0.25, 0.3) is 0 Å². The van der Waals surface area contributed by atoms with Crippen LogP contribution in [-0.4, -0.2) is 61.6 Å². The molecule has 1 aliphatic carbocycles. The highest BCUT2D eigenvalue weighted by atomic mass is 35.5. The fourth-order valence-corrected chi connectivity index (χ4v) is 6.01. The molecule has 0 bridgehead atoms. The summed E-state index contributed by atoms with van der Waals surface area (Å²) in [6.07, 6.45) is 8.08. The molecule has 38 heavy (non-hydrogen) atoms. The first-order valence-electron chi connectivity index (χ1n) is 13.6. The third-order valence-electron chi connectivity index (χ3n) is 7.73. The summed E-state index contributed by atoms with van der Waals surface area (Å²) >= 11 is 6.70. The van der Waals surface area contributed by atoms with Crippen LogP contribution in [0.1, 0.15) is 81.7 Å². The minimum atomic E-state index is -0.124. The maximum atomic E-state index is 6.70. The smallest absolute Gasteiger partial charge is 0.0946 e. The summed E-state index contributed by atoms with van der Waals surface area (Å²) in [5.74, 6) is 0. The predicted octanol–water partition coefficient (Wildman–Crippen LogP) is 5.96. The lowest BCUT2D eigenvalue weighted by atomic mass is 9.88. The molecular weight excluding hydrogens is 492 g/mol.